The zero-order valence-electron chi connectivity index (χ0n) is 12.2. The van der Waals surface area contributed by atoms with Crippen LogP contribution in [0.2, 0.25) is 0 Å². The van der Waals surface area contributed by atoms with Gasteiger partial charge in [0.1, 0.15) is 5.82 Å². The van der Waals surface area contributed by atoms with Crippen LogP contribution < -0.4 is 5.32 Å². The molecule has 0 saturated heterocycles. The summed E-state index contributed by atoms with van der Waals surface area (Å²) in [6, 6.07) is 5.94. The summed E-state index contributed by atoms with van der Waals surface area (Å²) in [6.45, 7) is 3.88. The van der Waals surface area contributed by atoms with E-state index in [-0.39, 0.29) is 5.91 Å². The highest BCUT2D eigenvalue weighted by molar-refractivity contribution is 7.13. The lowest BCUT2D eigenvalue weighted by atomic mass is 10.1. The number of hydrogen-bond donors (Lipinski definition) is 1. The molecule has 1 N–H and O–H groups in total. The molecule has 0 fully saturated rings. The van der Waals surface area contributed by atoms with Crippen LogP contribution in [-0.2, 0) is 18.3 Å². The van der Waals surface area contributed by atoms with Crippen molar-refractivity contribution in [2.75, 3.05) is 5.32 Å². The molecule has 21 heavy (non-hydrogen) atoms. The number of benzene rings is 1. The number of anilines is 1. The molecule has 2 heterocycles. The van der Waals surface area contributed by atoms with Crippen molar-refractivity contribution in [3.8, 4) is 0 Å². The number of imidazole rings is 1. The van der Waals surface area contributed by atoms with Crippen molar-refractivity contribution in [2.24, 2.45) is 7.05 Å². The van der Waals surface area contributed by atoms with E-state index in [4.69, 9.17) is 0 Å². The number of thiazole rings is 1. The first-order chi connectivity index (χ1) is 10.0. The summed E-state index contributed by atoms with van der Waals surface area (Å²) in [6.07, 6.45) is 0.324. The molecule has 0 radical (unpaired) electrons. The van der Waals surface area contributed by atoms with Crippen molar-refractivity contribution in [1.82, 2.24) is 14.5 Å². The Morgan fingerprint density at radius 1 is 1.33 bits per heavy atom. The molecule has 6 heteroatoms. The van der Waals surface area contributed by atoms with Crippen molar-refractivity contribution < 1.29 is 4.79 Å². The summed E-state index contributed by atoms with van der Waals surface area (Å²) in [5.41, 5.74) is 3.87. The predicted octanol–water partition coefficient (Wildman–Crippen LogP) is 2.83. The summed E-state index contributed by atoms with van der Waals surface area (Å²) < 4.78 is 2.04. The Kier molecular flexibility index (Phi) is 3.47. The third-order valence-electron chi connectivity index (χ3n) is 3.40. The second kappa shape index (κ2) is 5.29. The van der Waals surface area contributed by atoms with Gasteiger partial charge in [0.25, 0.3) is 0 Å². The Hall–Kier alpha value is -2.21. The monoisotopic (exact) mass is 300 g/mol. The van der Waals surface area contributed by atoms with Gasteiger partial charge in [-0.3, -0.25) is 4.79 Å². The fourth-order valence-corrected chi connectivity index (χ4v) is 2.94. The molecule has 0 aliphatic rings. The topological polar surface area (TPSA) is 59.8 Å². The van der Waals surface area contributed by atoms with Crippen LogP contribution in [0.4, 0.5) is 5.13 Å². The quantitative estimate of drug-likeness (QED) is 0.809. The molecule has 108 valence electrons. The van der Waals surface area contributed by atoms with Crippen LogP contribution in [0.25, 0.3) is 11.0 Å². The Balaban J connectivity index is 1.76. The molecule has 0 spiro atoms. The standard InChI is InChI=1S/C15H16N4OS/c1-9-8-21-15(16-9)18-14(20)7-11-4-5-13-12(6-11)17-10(2)19(13)3/h4-6,8H,7H2,1-3H3,(H,16,18,20). The van der Waals surface area contributed by atoms with Gasteiger partial charge in [0.15, 0.2) is 5.13 Å². The summed E-state index contributed by atoms with van der Waals surface area (Å²) in [5.74, 6) is 0.904. The van der Waals surface area contributed by atoms with E-state index in [1.54, 1.807) is 0 Å². The molecule has 3 rings (SSSR count). The maximum absolute atomic E-state index is 12.0. The highest BCUT2D eigenvalue weighted by Gasteiger charge is 2.09. The van der Waals surface area contributed by atoms with Gasteiger partial charge in [0, 0.05) is 12.4 Å². The van der Waals surface area contributed by atoms with Crippen LogP contribution in [0.3, 0.4) is 0 Å². The average Bonchev–Trinajstić information content (AvgIpc) is 2.94. The number of hydrogen-bond acceptors (Lipinski definition) is 4. The van der Waals surface area contributed by atoms with Gasteiger partial charge in [0.2, 0.25) is 5.91 Å². The van der Waals surface area contributed by atoms with Crippen molar-refractivity contribution in [1.29, 1.82) is 0 Å². The lowest BCUT2D eigenvalue weighted by molar-refractivity contribution is -0.115. The van der Waals surface area contributed by atoms with E-state index in [0.29, 0.717) is 11.6 Å². The van der Waals surface area contributed by atoms with Crippen LogP contribution in [-0.4, -0.2) is 20.4 Å². The van der Waals surface area contributed by atoms with Crippen LogP contribution in [0.15, 0.2) is 23.6 Å². The highest BCUT2D eigenvalue weighted by Crippen LogP contribution is 2.18. The van der Waals surface area contributed by atoms with Gasteiger partial charge in [0.05, 0.1) is 23.1 Å². The lowest BCUT2D eigenvalue weighted by Crippen LogP contribution is -2.14. The largest absolute Gasteiger partial charge is 0.331 e. The molecule has 0 aliphatic carbocycles. The highest BCUT2D eigenvalue weighted by atomic mass is 32.1. The zero-order valence-corrected chi connectivity index (χ0v) is 13.0. The fourth-order valence-electron chi connectivity index (χ4n) is 2.24. The minimum Gasteiger partial charge on any atom is -0.331 e. The molecule has 0 unspecified atom stereocenters. The number of rotatable bonds is 3. The first kappa shape index (κ1) is 13.8. The maximum Gasteiger partial charge on any atom is 0.230 e. The molecular weight excluding hydrogens is 284 g/mol. The Morgan fingerprint density at radius 3 is 2.86 bits per heavy atom. The van der Waals surface area contributed by atoms with E-state index < -0.39 is 0 Å². The van der Waals surface area contributed by atoms with Crippen LogP contribution in [0.5, 0.6) is 0 Å². The molecule has 3 aromatic rings. The molecule has 0 bridgehead atoms. The molecule has 1 aromatic carbocycles. The van der Waals surface area contributed by atoms with Crippen molar-refractivity contribution in [2.45, 2.75) is 20.3 Å². The van der Waals surface area contributed by atoms with E-state index in [0.717, 1.165) is 28.1 Å². The zero-order chi connectivity index (χ0) is 15.0. The number of nitrogens with zero attached hydrogens (tertiary/aromatic N) is 3. The van der Waals surface area contributed by atoms with Crippen molar-refractivity contribution >= 4 is 33.4 Å². The number of aryl methyl sites for hydroxylation is 3. The molecule has 2 aromatic heterocycles. The minimum atomic E-state index is -0.0589. The SMILES string of the molecule is Cc1csc(NC(=O)Cc2ccc3c(c2)nc(C)n3C)n1. The van der Waals surface area contributed by atoms with Gasteiger partial charge in [-0.05, 0) is 31.5 Å². The first-order valence-electron chi connectivity index (χ1n) is 6.67. The fraction of sp³-hybridized carbons (Fsp3) is 0.267. The number of fused-ring (bicyclic) bond motifs is 1. The van der Waals surface area contributed by atoms with Crippen LogP contribution >= 0.6 is 11.3 Å². The van der Waals surface area contributed by atoms with E-state index in [2.05, 4.69) is 15.3 Å². The normalized spacial score (nSPS) is 11.0. The van der Waals surface area contributed by atoms with Crippen LogP contribution in [0, 0.1) is 13.8 Å². The van der Waals surface area contributed by atoms with Crippen molar-refractivity contribution in [3.05, 3.63) is 40.7 Å². The molecular formula is C15H16N4OS. The minimum absolute atomic E-state index is 0.0589. The Labute approximate surface area is 126 Å². The van der Waals surface area contributed by atoms with Gasteiger partial charge >= 0.3 is 0 Å². The van der Waals surface area contributed by atoms with Gasteiger partial charge < -0.3 is 9.88 Å². The molecule has 0 aliphatic heterocycles. The lowest BCUT2D eigenvalue weighted by Gasteiger charge is -2.03. The summed E-state index contributed by atoms with van der Waals surface area (Å²) in [4.78, 5) is 20.7. The average molecular weight is 300 g/mol. The summed E-state index contributed by atoms with van der Waals surface area (Å²) >= 11 is 1.44. The van der Waals surface area contributed by atoms with Crippen LogP contribution in [0.1, 0.15) is 17.1 Å². The maximum atomic E-state index is 12.0. The summed E-state index contributed by atoms with van der Waals surface area (Å²) in [7, 11) is 1.99. The van der Waals surface area contributed by atoms with E-state index in [1.165, 1.54) is 11.3 Å². The molecule has 0 atom stereocenters. The van der Waals surface area contributed by atoms with Gasteiger partial charge in [-0.1, -0.05) is 6.07 Å². The third kappa shape index (κ3) is 2.80. The van der Waals surface area contributed by atoms with Gasteiger partial charge in [-0.25, -0.2) is 9.97 Å². The first-order valence-corrected chi connectivity index (χ1v) is 7.55. The number of nitrogens with one attached hydrogen (secondary N) is 1. The van der Waals surface area contributed by atoms with E-state index in [9.17, 15) is 4.79 Å². The number of carbonyl (C=O) groups excluding carboxylic acids is 1. The second-order valence-electron chi connectivity index (χ2n) is 5.06. The predicted molar refractivity (Wildman–Crippen MR) is 84.6 cm³/mol. The number of carbonyl (C=O) groups is 1. The smallest absolute Gasteiger partial charge is 0.230 e. The van der Waals surface area contributed by atoms with Gasteiger partial charge in [-0.2, -0.15) is 0 Å². The second-order valence-corrected chi connectivity index (χ2v) is 5.92. The van der Waals surface area contributed by atoms with E-state index >= 15 is 0 Å². The number of aromatic nitrogens is 3. The van der Waals surface area contributed by atoms with E-state index in [1.807, 2.05) is 49.0 Å². The Morgan fingerprint density at radius 2 is 2.14 bits per heavy atom. The Bertz CT molecular complexity index is 818. The van der Waals surface area contributed by atoms with Gasteiger partial charge in [-0.15, -0.1) is 11.3 Å². The number of amides is 1. The molecule has 1 amide bonds. The molecule has 5 nitrogen and oxygen atoms in total. The summed E-state index contributed by atoms with van der Waals surface area (Å²) in [5, 5.41) is 5.38. The third-order valence-corrected chi connectivity index (χ3v) is 4.27. The molecule has 0 saturated carbocycles. The van der Waals surface area contributed by atoms with Crippen molar-refractivity contribution in [3.63, 3.8) is 0 Å².